The molecule has 2 atom stereocenters. The van der Waals surface area contributed by atoms with Crippen LogP contribution < -0.4 is 11.1 Å². The minimum Gasteiger partial charge on any atom is -0.477 e. The van der Waals surface area contributed by atoms with Gasteiger partial charge < -0.3 is 21.0 Å². The molecule has 0 bridgehead atoms. The molecule has 0 radical (unpaired) electrons. The Morgan fingerprint density at radius 3 is 2.73 bits per heavy atom. The Balaban J connectivity index is 1.61. The third-order valence-electron chi connectivity index (χ3n) is 5.13. The number of oxime groups is 1. The number of aliphatic carboxylic acids is 1. The number of rotatable bonds is 7. The van der Waals surface area contributed by atoms with Crippen molar-refractivity contribution in [1.82, 2.24) is 15.2 Å². The summed E-state index contributed by atoms with van der Waals surface area (Å²) in [4.78, 5) is 46.9. The quantitative estimate of drug-likeness (QED) is 0.269. The molecule has 0 spiro atoms. The van der Waals surface area contributed by atoms with Crippen molar-refractivity contribution in [2.24, 2.45) is 5.16 Å². The summed E-state index contributed by atoms with van der Waals surface area (Å²) in [5.41, 5.74) is 4.95. The summed E-state index contributed by atoms with van der Waals surface area (Å²) in [6.45, 7) is 0. The maximum absolute atomic E-state index is 13.0. The van der Waals surface area contributed by atoms with E-state index in [1.54, 1.807) is 11.4 Å². The summed E-state index contributed by atoms with van der Waals surface area (Å²) in [7, 11) is -2.84. The van der Waals surface area contributed by atoms with E-state index in [-0.39, 0.29) is 38.5 Å². The maximum Gasteiger partial charge on any atom is 0.353 e. The minimum atomic E-state index is -4.07. The summed E-state index contributed by atoms with van der Waals surface area (Å²) in [6, 6.07) is 1.14. The highest BCUT2D eigenvalue weighted by Crippen LogP contribution is 2.41. The number of hydrogen-bond acceptors (Lipinski definition) is 11. The van der Waals surface area contributed by atoms with Crippen molar-refractivity contribution in [3.05, 3.63) is 39.2 Å². The Labute approximate surface area is 195 Å². The van der Waals surface area contributed by atoms with E-state index in [1.165, 1.54) is 18.6 Å². The number of β-lactam (4-membered cyclic amide) rings is 1. The van der Waals surface area contributed by atoms with Crippen molar-refractivity contribution in [2.45, 2.75) is 29.1 Å². The second-order valence-electron chi connectivity index (χ2n) is 6.97. The van der Waals surface area contributed by atoms with E-state index in [1.807, 2.05) is 0 Å². The van der Waals surface area contributed by atoms with Gasteiger partial charge in [-0.1, -0.05) is 11.2 Å². The minimum absolute atomic E-state index is 0.00419. The Morgan fingerprint density at radius 1 is 1.39 bits per heavy atom. The molecule has 0 aliphatic carbocycles. The number of carboxylic acids is 1. The maximum atomic E-state index is 13.0. The van der Waals surface area contributed by atoms with Crippen molar-refractivity contribution < 1.29 is 32.7 Å². The molecule has 15 heteroatoms. The van der Waals surface area contributed by atoms with Gasteiger partial charge in [0.2, 0.25) is 9.84 Å². The van der Waals surface area contributed by atoms with Crippen molar-refractivity contribution in [1.29, 1.82) is 0 Å². The molecule has 4 heterocycles. The standard InChI is InChI=1S/C18H17N5O7S3/c1-30-22-12(8-7-32-18(19)20-8)15(24)21-13-9-4-5-10(14(17(26)27)23(9)16(13)25)33(28,29)11-3-2-6-31-11/h2-3,6-7,9,13H,4-5H2,1H3,(H2,19,20)(H,21,24)(H,26,27)/b22-12+/t9-,13+/m1/s1. The molecule has 0 saturated carbocycles. The van der Waals surface area contributed by atoms with Crippen LogP contribution in [0.3, 0.4) is 0 Å². The van der Waals surface area contributed by atoms with E-state index in [9.17, 15) is 27.9 Å². The van der Waals surface area contributed by atoms with Crippen LogP contribution in [-0.4, -0.2) is 66.1 Å². The number of fused-ring (bicyclic) bond motifs is 1. The molecule has 2 aliphatic rings. The van der Waals surface area contributed by atoms with Crippen LogP contribution in [0.4, 0.5) is 5.13 Å². The molecule has 4 rings (SSSR count). The Morgan fingerprint density at radius 2 is 2.15 bits per heavy atom. The van der Waals surface area contributed by atoms with Crippen LogP contribution in [0.25, 0.3) is 0 Å². The number of nitrogens with one attached hydrogen (secondary N) is 1. The predicted molar refractivity (Wildman–Crippen MR) is 118 cm³/mol. The van der Waals surface area contributed by atoms with Crippen LogP contribution in [0.5, 0.6) is 0 Å². The molecule has 4 N–H and O–H groups in total. The van der Waals surface area contributed by atoms with Gasteiger partial charge in [-0.15, -0.1) is 22.7 Å². The number of nitrogens with two attached hydrogens (primary N) is 1. The number of carbonyl (C=O) groups is 3. The summed E-state index contributed by atoms with van der Waals surface area (Å²) in [6.07, 6.45) is 0.0537. The molecule has 2 aliphatic heterocycles. The van der Waals surface area contributed by atoms with E-state index in [4.69, 9.17) is 10.6 Å². The number of amides is 2. The third-order valence-corrected chi connectivity index (χ3v) is 9.12. The fourth-order valence-electron chi connectivity index (χ4n) is 3.73. The summed E-state index contributed by atoms with van der Waals surface area (Å²) >= 11 is 2.05. The topological polar surface area (TPSA) is 181 Å². The first-order chi connectivity index (χ1) is 15.7. The first-order valence-corrected chi connectivity index (χ1v) is 12.6. The van der Waals surface area contributed by atoms with Gasteiger partial charge in [-0.25, -0.2) is 18.2 Å². The van der Waals surface area contributed by atoms with E-state index < -0.39 is 45.4 Å². The van der Waals surface area contributed by atoms with E-state index >= 15 is 0 Å². The van der Waals surface area contributed by atoms with Gasteiger partial charge in [0.25, 0.3) is 11.8 Å². The van der Waals surface area contributed by atoms with Gasteiger partial charge in [-0.2, -0.15) is 0 Å². The number of hydrogen-bond donors (Lipinski definition) is 3. The molecular formula is C18H17N5O7S3. The average molecular weight is 512 g/mol. The Bertz CT molecular complexity index is 1300. The molecular weight excluding hydrogens is 494 g/mol. The van der Waals surface area contributed by atoms with E-state index in [0.29, 0.717) is 0 Å². The van der Waals surface area contributed by atoms with Crippen LogP contribution in [-0.2, 0) is 29.1 Å². The predicted octanol–water partition coefficient (Wildman–Crippen LogP) is 0.397. The summed E-state index contributed by atoms with van der Waals surface area (Å²) in [5.74, 6) is -3.04. The molecule has 2 aromatic rings. The molecule has 0 unspecified atom stereocenters. The van der Waals surface area contributed by atoms with Crippen LogP contribution >= 0.6 is 22.7 Å². The van der Waals surface area contributed by atoms with Gasteiger partial charge in [0.15, 0.2) is 10.8 Å². The lowest BCUT2D eigenvalue weighted by Crippen LogP contribution is -2.72. The summed E-state index contributed by atoms with van der Waals surface area (Å²) < 4.78 is 25.9. The second kappa shape index (κ2) is 8.57. The number of anilines is 1. The fourth-order valence-corrected chi connectivity index (χ4v) is 7.03. The number of carboxylic acid groups (broad SMARTS) is 1. The van der Waals surface area contributed by atoms with Crippen molar-refractivity contribution in [3.63, 3.8) is 0 Å². The van der Waals surface area contributed by atoms with Crippen LogP contribution in [0, 0.1) is 0 Å². The molecule has 33 heavy (non-hydrogen) atoms. The highest BCUT2D eigenvalue weighted by atomic mass is 32.2. The smallest absolute Gasteiger partial charge is 0.353 e. The van der Waals surface area contributed by atoms with Gasteiger partial charge >= 0.3 is 5.97 Å². The van der Waals surface area contributed by atoms with Gasteiger partial charge in [0.1, 0.15) is 28.8 Å². The lowest BCUT2D eigenvalue weighted by atomic mass is 9.86. The number of nitrogens with zero attached hydrogens (tertiary/aromatic N) is 3. The molecule has 12 nitrogen and oxygen atoms in total. The number of nitrogen functional groups attached to an aromatic ring is 1. The lowest BCUT2D eigenvalue weighted by molar-refractivity contribution is -0.155. The SMILES string of the molecule is CO/N=C(/C(=O)N[C@@H]1C(=O)N2C(C(=O)O)=C(S(=O)(=O)c3cccs3)CC[C@H]12)c1csc(N)n1. The highest BCUT2D eigenvalue weighted by molar-refractivity contribution is 7.97. The molecule has 2 aromatic heterocycles. The van der Waals surface area contributed by atoms with E-state index in [2.05, 4.69) is 15.5 Å². The van der Waals surface area contributed by atoms with Crippen LogP contribution in [0.1, 0.15) is 18.5 Å². The fraction of sp³-hybridized carbons (Fsp3) is 0.278. The molecule has 1 fully saturated rings. The zero-order chi connectivity index (χ0) is 23.9. The molecule has 1 saturated heterocycles. The van der Waals surface area contributed by atoms with Crippen molar-refractivity contribution in [3.8, 4) is 0 Å². The monoisotopic (exact) mass is 511 g/mol. The van der Waals surface area contributed by atoms with Gasteiger partial charge in [-0.05, 0) is 24.3 Å². The third kappa shape index (κ3) is 3.87. The second-order valence-corrected chi connectivity index (χ2v) is 11.0. The lowest BCUT2D eigenvalue weighted by Gasteiger charge is -2.49. The number of thiophene rings is 1. The van der Waals surface area contributed by atoms with Crippen LogP contribution in [0.2, 0.25) is 0 Å². The number of sulfone groups is 1. The number of allylic oxidation sites excluding steroid dienone is 1. The largest absolute Gasteiger partial charge is 0.477 e. The first-order valence-electron chi connectivity index (χ1n) is 9.38. The van der Waals surface area contributed by atoms with Crippen molar-refractivity contribution >= 4 is 61.1 Å². The zero-order valence-electron chi connectivity index (χ0n) is 16.9. The van der Waals surface area contributed by atoms with Gasteiger partial charge in [-0.3, -0.25) is 14.5 Å². The molecule has 174 valence electrons. The zero-order valence-corrected chi connectivity index (χ0v) is 19.4. The van der Waals surface area contributed by atoms with Gasteiger partial charge in [0, 0.05) is 5.38 Å². The van der Waals surface area contributed by atoms with Crippen molar-refractivity contribution in [2.75, 3.05) is 12.8 Å². The number of thiazole rings is 1. The number of aromatic nitrogens is 1. The number of carbonyl (C=O) groups excluding carboxylic acids is 2. The summed E-state index contributed by atoms with van der Waals surface area (Å²) in [5, 5.41) is 19.2. The van der Waals surface area contributed by atoms with Crippen LogP contribution in [0.15, 0.2) is 42.9 Å². The molecule has 2 amide bonds. The first kappa shape index (κ1) is 22.9. The Hall–Kier alpha value is -3.30. The highest BCUT2D eigenvalue weighted by Gasteiger charge is 2.55. The molecule has 0 aromatic carbocycles. The normalized spacial score (nSPS) is 20.8. The Kier molecular flexibility index (Phi) is 5.94. The van der Waals surface area contributed by atoms with E-state index in [0.717, 1.165) is 27.6 Å². The van der Waals surface area contributed by atoms with Gasteiger partial charge in [0.05, 0.1) is 10.9 Å². The average Bonchev–Trinajstić information content (AvgIpc) is 3.46.